The summed E-state index contributed by atoms with van der Waals surface area (Å²) in [5, 5.41) is 8.07. The molecule has 3 rings (SSSR count). The average molecular weight is 268 g/mol. The normalized spacial score (nSPS) is 10.4. The monoisotopic (exact) mass is 268 g/mol. The SMILES string of the molecule is Cc1cnc(OCc2cn(-c3ccncc3)nn2)nc1. The van der Waals surface area contributed by atoms with Gasteiger partial charge in [0.1, 0.15) is 12.3 Å². The maximum atomic E-state index is 5.45. The highest BCUT2D eigenvalue weighted by atomic mass is 16.5. The first-order chi connectivity index (χ1) is 9.81. The molecular weight excluding hydrogens is 256 g/mol. The topological polar surface area (TPSA) is 78.6 Å². The fourth-order valence-corrected chi connectivity index (χ4v) is 1.58. The fraction of sp³-hybridized carbons (Fsp3) is 0.154. The maximum absolute atomic E-state index is 5.45. The van der Waals surface area contributed by atoms with Crippen molar-refractivity contribution in [2.75, 3.05) is 0 Å². The highest BCUT2D eigenvalue weighted by Crippen LogP contribution is 2.07. The Kier molecular flexibility index (Phi) is 3.32. The zero-order chi connectivity index (χ0) is 13.8. The molecule has 7 nitrogen and oxygen atoms in total. The lowest BCUT2D eigenvalue weighted by Crippen LogP contribution is -1.99. The van der Waals surface area contributed by atoms with E-state index in [9.17, 15) is 0 Å². The van der Waals surface area contributed by atoms with Gasteiger partial charge in [0.05, 0.1) is 11.9 Å². The molecule has 0 fully saturated rings. The molecule has 0 amide bonds. The lowest BCUT2D eigenvalue weighted by molar-refractivity contribution is 0.276. The maximum Gasteiger partial charge on any atom is 0.316 e. The summed E-state index contributed by atoms with van der Waals surface area (Å²) in [6.07, 6.45) is 8.61. The van der Waals surface area contributed by atoms with E-state index in [4.69, 9.17) is 4.74 Å². The van der Waals surface area contributed by atoms with Crippen LogP contribution >= 0.6 is 0 Å². The van der Waals surface area contributed by atoms with Crippen LogP contribution in [0, 0.1) is 6.92 Å². The molecule has 3 aromatic heterocycles. The smallest absolute Gasteiger partial charge is 0.316 e. The first-order valence-electron chi connectivity index (χ1n) is 6.04. The van der Waals surface area contributed by atoms with Gasteiger partial charge in [-0.3, -0.25) is 4.98 Å². The molecule has 0 aromatic carbocycles. The van der Waals surface area contributed by atoms with E-state index in [1.165, 1.54) is 0 Å². The van der Waals surface area contributed by atoms with Crippen molar-refractivity contribution in [1.82, 2.24) is 29.9 Å². The number of pyridine rings is 1. The lowest BCUT2D eigenvalue weighted by atomic mass is 10.4. The van der Waals surface area contributed by atoms with Gasteiger partial charge >= 0.3 is 6.01 Å². The quantitative estimate of drug-likeness (QED) is 0.710. The second-order valence-electron chi connectivity index (χ2n) is 4.19. The predicted octanol–water partition coefficient (Wildman–Crippen LogP) is 1.34. The molecule has 0 aliphatic rings. The minimum absolute atomic E-state index is 0.272. The molecule has 0 aliphatic heterocycles. The molecule has 0 spiro atoms. The van der Waals surface area contributed by atoms with Gasteiger partial charge in [0.2, 0.25) is 0 Å². The van der Waals surface area contributed by atoms with E-state index in [0.29, 0.717) is 11.7 Å². The van der Waals surface area contributed by atoms with Gasteiger partial charge in [0.15, 0.2) is 0 Å². The zero-order valence-corrected chi connectivity index (χ0v) is 10.8. The predicted molar refractivity (Wildman–Crippen MR) is 70.3 cm³/mol. The largest absolute Gasteiger partial charge is 0.457 e. The molecule has 0 unspecified atom stereocenters. The van der Waals surface area contributed by atoms with E-state index in [1.54, 1.807) is 35.7 Å². The molecule has 100 valence electrons. The zero-order valence-electron chi connectivity index (χ0n) is 10.8. The number of hydrogen-bond acceptors (Lipinski definition) is 6. The van der Waals surface area contributed by atoms with Crippen molar-refractivity contribution in [2.24, 2.45) is 0 Å². The molecule has 0 radical (unpaired) electrons. The van der Waals surface area contributed by atoms with Crippen LogP contribution in [0.2, 0.25) is 0 Å². The van der Waals surface area contributed by atoms with E-state index in [1.807, 2.05) is 19.1 Å². The van der Waals surface area contributed by atoms with Crippen LogP contribution in [0.3, 0.4) is 0 Å². The van der Waals surface area contributed by atoms with Gasteiger partial charge < -0.3 is 4.74 Å². The van der Waals surface area contributed by atoms with Crippen molar-refractivity contribution in [3.8, 4) is 11.7 Å². The van der Waals surface area contributed by atoms with Crippen molar-refractivity contribution in [3.05, 3.63) is 54.4 Å². The van der Waals surface area contributed by atoms with Gasteiger partial charge in [-0.15, -0.1) is 5.10 Å². The first-order valence-corrected chi connectivity index (χ1v) is 6.04. The summed E-state index contributed by atoms with van der Waals surface area (Å²) in [4.78, 5) is 12.1. The third-order valence-corrected chi connectivity index (χ3v) is 2.57. The Labute approximate surface area is 115 Å². The average Bonchev–Trinajstić information content (AvgIpc) is 2.97. The summed E-state index contributed by atoms with van der Waals surface area (Å²) in [6.45, 7) is 2.19. The molecule has 0 saturated carbocycles. The number of rotatable bonds is 4. The van der Waals surface area contributed by atoms with Crippen molar-refractivity contribution in [3.63, 3.8) is 0 Å². The van der Waals surface area contributed by atoms with Gasteiger partial charge in [-0.1, -0.05) is 5.21 Å². The van der Waals surface area contributed by atoms with Gasteiger partial charge in [-0.2, -0.15) is 0 Å². The van der Waals surface area contributed by atoms with E-state index >= 15 is 0 Å². The lowest BCUT2D eigenvalue weighted by Gasteiger charge is -2.01. The third kappa shape index (κ3) is 2.77. The number of hydrogen-bond donors (Lipinski definition) is 0. The summed E-state index contributed by atoms with van der Waals surface area (Å²) >= 11 is 0. The Morgan fingerprint density at radius 1 is 1.15 bits per heavy atom. The molecule has 0 saturated heterocycles. The first kappa shape index (κ1) is 12.2. The Morgan fingerprint density at radius 2 is 1.90 bits per heavy atom. The van der Waals surface area contributed by atoms with E-state index in [-0.39, 0.29) is 6.61 Å². The van der Waals surface area contributed by atoms with Crippen LogP contribution in [0.5, 0.6) is 6.01 Å². The molecule has 20 heavy (non-hydrogen) atoms. The summed E-state index contributed by atoms with van der Waals surface area (Å²) in [5.74, 6) is 0. The minimum Gasteiger partial charge on any atom is -0.457 e. The van der Waals surface area contributed by atoms with Crippen LogP contribution < -0.4 is 4.74 Å². The van der Waals surface area contributed by atoms with E-state index < -0.39 is 0 Å². The van der Waals surface area contributed by atoms with E-state index in [2.05, 4.69) is 25.3 Å². The Bertz CT molecular complexity index is 680. The van der Waals surface area contributed by atoms with Gasteiger partial charge in [0.25, 0.3) is 0 Å². The van der Waals surface area contributed by atoms with Crippen molar-refractivity contribution < 1.29 is 4.74 Å². The van der Waals surface area contributed by atoms with Crippen LogP contribution in [0.25, 0.3) is 5.69 Å². The Hall–Kier alpha value is -2.83. The second kappa shape index (κ2) is 5.43. The van der Waals surface area contributed by atoms with Crippen LogP contribution in [0.1, 0.15) is 11.3 Å². The summed E-state index contributed by atoms with van der Waals surface area (Å²) in [6, 6.07) is 4.03. The molecule has 3 heterocycles. The van der Waals surface area contributed by atoms with Gasteiger partial charge in [0, 0.05) is 24.8 Å². The van der Waals surface area contributed by atoms with Crippen LogP contribution in [-0.4, -0.2) is 29.9 Å². The second-order valence-corrected chi connectivity index (χ2v) is 4.19. The highest BCUT2D eigenvalue weighted by molar-refractivity contribution is 5.27. The molecule has 0 bridgehead atoms. The number of aromatic nitrogens is 6. The number of nitrogens with zero attached hydrogens (tertiary/aromatic N) is 6. The molecule has 0 atom stereocenters. The van der Waals surface area contributed by atoms with Crippen LogP contribution in [0.4, 0.5) is 0 Å². The third-order valence-electron chi connectivity index (χ3n) is 2.57. The molecule has 0 N–H and O–H groups in total. The standard InChI is InChI=1S/C13H12N6O/c1-10-6-15-13(16-7-10)20-9-11-8-19(18-17-11)12-2-4-14-5-3-12/h2-8H,9H2,1H3. The minimum atomic E-state index is 0.272. The Balaban J connectivity index is 1.67. The van der Waals surface area contributed by atoms with Crippen molar-refractivity contribution >= 4 is 0 Å². The molecular formula is C13H12N6O. The number of aryl methyl sites for hydroxylation is 1. The summed E-state index contributed by atoms with van der Waals surface area (Å²) in [7, 11) is 0. The highest BCUT2D eigenvalue weighted by Gasteiger charge is 2.04. The van der Waals surface area contributed by atoms with Crippen LogP contribution in [-0.2, 0) is 6.61 Å². The van der Waals surface area contributed by atoms with Crippen molar-refractivity contribution in [1.29, 1.82) is 0 Å². The Morgan fingerprint density at radius 3 is 2.65 bits per heavy atom. The van der Waals surface area contributed by atoms with Crippen LogP contribution in [0.15, 0.2) is 43.1 Å². The van der Waals surface area contributed by atoms with E-state index in [0.717, 1.165) is 11.3 Å². The summed E-state index contributed by atoms with van der Waals surface area (Å²) in [5.41, 5.74) is 2.58. The van der Waals surface area contributed by atoms with Gasteiger partial charge in [-0.05, 0) is 24.6 Å². The molecule has 7 heteroatoms. The van der Waals surface area contributed by atoms with Crippen molar-refractivity contribution in [2.45, 2.75) is 13.5 Å². The molecule has 0 aliphatic carbocycles. The fourth-order valence-electron chi connectivity index (χ4n) is 1.58. The summed E-state index contributed by atoms with van der Waals surface area (Å²) < 4.78 is 7.11. The van der Waals surface area contributed by atoms with Gasteiger partial charge in [-0.25, -0.2) is 14.6 Å². The molecule has 3 aromatic rings. The number of ether oxygens (including phenoxy) is 1.